The van der Waals surface area contributed by atoms with Crippen LogP contribution in [0.2, 0.25) is 0 Å². The van der Waals surface area contributed by atoms with E-state index in [2.05, 4.69) is 5.32 Å². The molecule has 1 unspecified atom stereocenters. The molecule has 0 fully saturated rings. The molecule has 1 amide bonds. The van der Waals surface area contributed by atoms with Crippen molar-refractivity contribution in [3.63, 3.8) is 0 Å². The highest BCUT2D eigenvalue weighted by Gasteiger charge is 2.13. The molecule has 0 aliphatic rings. The first kappa shape index (κ1) is 14.1. The molecule has 0 aliphatic heterocycles. The number of nitrogens with one attached hydrogen (secondary N) is 1. The quantitative estimate of drug-likeness (QED) is 0.691. The molecular weight excluding hydrogens is 236 g/mol. The molecule has 0 heterocycles. The predicted molar refractivity (Wildman–Crippen MR) is 66.5 cm³/mol. The molecule has 98 valence electrons. The Kier molecular flexibility index (Phi) is 5.29. The van der Waals surface area contributed by atoms with Gasteiger partial charge in [-0.25, -0.2) is 4.79 Å². The number of amides is 1. The monoisotopic (exact) mass is 252 g/mol. The van der Waals surface area contributed by atoms with Gasteiger partial charge in [0.05, 0.1) is 11.6 Å². The van der Waals surface area contributed by atoms with Gasteiger partial charge in [0.25, 0.3) is 0 Å². The molecular formula is C12H16N2O4. The SMILES string of the molecule is COCCC(N)C(=O)Nc1cccc(C(=O)O)c1. The van der Waals surface area contributed by atoms with E-state index in [1.54, 1.807) is 12.1 Å². The second-order valence-electron chi connectivity index (χ2n) is 3.76. The minimum absolute atomic E-state index is 0.110. The van der Waals surface area contributed by atoms with Gasteiger partial charge in [0.2, 0.25) is 5.91 Å². The summed E-state index contributed by atoms with van der Waals surface area (Å²) in [7, 11) is 1.53. The van der Waals surface area contributed by atoms with Crippen LogP contribution in [0, 0.1) is 0 Å². The third-order valence-electron chi connectivity index (χ3n) is 2.35. The maximum atomic E-state index is 11.7. The minimum atomic E-state index is -1.05. The number of rotatable bonds is 6. The highest BCUT2D eigenvalue weighted by Crippen LogP contribution is 2.11. The number of hydrogen-bond donors (Lipinski definition) is 3. The Morgan fingerprint density at radius 1 is 1.50 bits per heavy atom. The van der Waals surface area contributed by atoms with Crippen LogP contribution in [0.15, 0.2) is 24.3 Å². The highest BCUT2D eigenvalue weighted by molar-refractivity contribution is 5.96. The molecule has 1 rings (SSSR count). The van der Waals surface area contributed by atoms with Crippen molar-refractivity contribution in [2.45, 2.75) is 12.5 Å². The fourth-order valence-corrected chi connectivity index (χ4v) is 1.34. The van der Waals surface area contributed by atoms with Crippen LogP contribution in [0.5, 0.6) is 0 Å². The number of methoxy groups -OCH3 is 1. The van der Waals surface area contributed by atoms with E-state index in [-0.39, 0.29) is 11.5 Å². The maximum Gasteiger partial charge on any atom is 0.335 e. The number of carbonyl (C=O) groups is 2. The highest BCUT2D eigenvalue weighted by atomic mass is 16.5. The molecule has 1 aromatic rings. The topological polar surface area (TPSA) is 102 Å². The number of carboxylic acids is 1. The van der Waals surface area contributed by atoms with Crippen molar-refractivity contribution < 1.29 is 19.4 Å². The van der Waals surface area contributed by atoms with Gasteiger partial charge < -0.3 is 20.9 Å². The Bertz CT molecular complexity index is 434. The van der Waals surface area contributed by atoms with E-state index < -0.39 is 12.0 Å². The number of benzene rings is 1. The molecule has 0 bridgehead atoms. The van der Waals surface area contributed by atoms with E-state index in [0.717, 1.165) is 0 Å². The molecule has 0 aliphatic carbocycles. The van der Waals surface area contributed by atoms with Crippen molar-refractivity contribution in [1.82, 2.24) is 0 Å². The number of ether oxygens (including phenoxy) is 1. The van der Waals surface area contributed by atoms with E-state index in [9.17, 15) is 9.59 Å². The number of carbonyl (C=O) groups excluding carboxylic acids is 1. The smallest absolute Gasteiger partial charge is 0.335 e. The van der Waals surface area contributed by atoms with Crippen LogP contribution in [-0.4, -0.2) is 36.7 Å². The second kappa shape index (κ2) is 6.73. The first-order chi connectivity index (χ1) is 8.54. The van der Waals surface area contributed by atoms with Crippen molar-refractivity contribution >= 4 is 17.6 Å². The average Bonchev–Trinajstić information content (AvgIpc) is 2.36. The Morgan fingerprint density at radius 3 is 2.83 bits per heavy atom. The zero-order valence-corrected chi connectivity index (χ0v) is 10.1. The fraction of sp³-hybridized carbons (Fsp3) is 0.333. The van der Waals surface area contributed by atoms with Gasteiger partial charge in [-0.05, 0) is 24.6 Å². The molecule has 4 N–H and O–H groups in total. The summed E-state index contributed by atoms with van der Waals surface area (Å²) in [6, 6.07) is 5.30. The standard InChI is InChI=1S/C12H16N2O4/c1-18-6-5-10(13)11(15)14-9-4-2-3-8(7-9)12(16)17/h2-4,7,10H,5-6,13H2,1H3,(H,14,15)(H,16,17). The Hall–Kier alpha value is -1.92. The molecule has 0 aromatic heterocycles. The van der Waals surface area contributed by atoms with Gasteiger partial charge in [-0.3, -0.25) is 4.79 Å². The molecule has 6 heteroatoms. The van der Waals surface area contributed by atoms with Crippen LogP contribution in [-0.2, 0) is 9.53 Å². The summed E-state index contributed by atoms with van der Waals surface area (Å²) in [6.07, 6.45) is 0.404. The fourth-order valence-electron chi connectivity index (χ4n) is 1.34. The molecule has 0 radical (unpaired) electrons. The van der Waals surface area contributed by atoms with E-state index in [1.807, 2.05) is 0 Å². The second-order valence-corrected chi connectivity index (χ2v) is 3.76. The summed E-state index contributed by atoms with van der Waals surface area (Å²) in [4.78, 5) is 22.4. The zero-order chi connectivity index (χ0) is 13.5. The largest absolute Gasteiger partial charge is 0.478 e. The van der Waals surface area contributed by atoms with Crippen LogP contribution < -0.4 is 11.1 Å². The maximum absolute atomic E-state index is 11.7. The van der Waals surface area contributed by atoms with Crippen molar-refractivity contribution in [3.8, 4) is 0 Å². The number of hydrogen-bond acceptors (Lipinski definition) is 4. The van der Waals surface area contributed by atoms with Crippen molar-refractivity contribution in [1.29, 1.82) is 0 Å². The lowest BCUT2D eigenvalue weighted by Crippen LogP contribution is -2.36. The summed E-state index contributed by atoms with van der Waals surface area (Å²) in [5, 5.41) is 11.4. The van der Waals surface area contributed by atoms with E-state index >= 15 is 0 Å². The molecule has 1 atom stereocenters. The Balaban J connectivity index is 2.64. The van der Waals surface area contributed by atoms with E-state index in [4.69, 9.17) is 15.6 Å². The van der Waals surface area contributed by atoms with Crippen LogP contribution in [0.1, 0.15) is 16.8 Å². The molecule has 6 nitrogen and oxygen atoms in total. The first-order valence-electron chi connectivity index (χ1n) is 5.43. The van der Waals surface area contributed by atoms with Crippen molar-refractivity contribution in [2.24, 2.45) is 5.73 Å². The van der Waals surface area contributed by atoms with Gasteiger partial charge in [0.1, 0.15) is 0 Å². The van der Waals surface area contributed by atoms with Crippen LogP contribution >= 0.6 is 0 Å². The normalized spacial score (nSPS) is 11.9. The predicted octanol–water partition coefficient (Wildman–Crippen LogP) is 0.687. The summed E-state index contributed by atoms with van der Waals surface area (Å²) in [5.74, 6) is -1.41. The summed E-state index contributed by atoms with van der Waals surface area (Å²) >= 11 is 0. The van der Waals surface area contributed by atoms with Gasteiger partial charge >= 0.3 is 5.97 Å². The lowest BCUT2D eigenvalue weighted by atomic mass is 10.2. The third kappa shape index (κ3) is 4.15. The average molecular weight is 252 g/mol. The lowest BCUT2D eigenvalue weighted by molar-refractivity contribution is -0.117. The molecule has 18 heavy (non-hydrogen) atoms. The van der Waals surface area contributed by atoms with Crippen LogP contribution in [0.3, 0.4) is 0 Å². The van der Waals surface area contributed by atoms with Gasteiger partial charge in [0, 0.05) is 19.4 Å². The number of carboxylic acid groups (broad SMARTS) is 1. The summed E-state index contributed by atoms with van der Waals surface area (Å²) in [5.41, 5.74) is 6.16. The van der Waals surface area contributed by atoms with Crippen molar-refractivity contribution in [2.75, 3.05) is 19.0 Å². The summed E-state index contributed by atoms with van der Waals surface area (Å²) < 4.78 is 4.83. The molecule has 1 aromatic carbocycles. The summed E-state index contributed by atoms with van der Waals surface area (Å²) in [6.45, 7) is 0.393. The van der Waals surface area contributed by atoms with Crippen molar-refractivity contribution in [3.05, 3.63) is 29.8 Å². The third-order valence-corrected chi connectivity index (χ3v) is 2.35. The van der Waals surface area contributed by atoms with Gasteiger partial charge in [0.15, 0.2) is 0 Å². The molecule has 0 saturated carbocycles. The van der Waals surface area contributed by atoms with Crippen LogP contribution in [0.25, 0.3) is 0 Å². The van der Waals surface area contributed by atoms with Crippen LogP contribution in [0.4, 0.5) is 5.69 Å². The van der Waals surface area contributed by atoms with Gasteiger partial charge in [-0.15, -0.1) is 0 Å². The Labute approximate surface area is 105 Å². The van der Waals surface area contributed by atoms with Gasteiger partial charge in [-0.1, -0.05) is 6.07 Å². The van der Waals surface area contributed by atoms with E-state index in [1.165, 1.54) is 19.2 Å². The lowest BCUT2D eigenvalue weighted by Gasteiger charge is -2.11. The number of anilines is 1. The number of nitrogens with two attached hydrogens (primary N) is 1. The molecule has 0 saturated heterocycles. The first-order valence-corrected chi connectivity index (χ1v) is 5.43. The Morgan fingerprint density at radius 2 is 2.22 bits per heavy atom. The van der Waals surface area contributed by atoms with E-state index in [0.29, 0.717) is 18.7 Å². The minimum Gasteiger partial charge on any atom is -0.478 e. The number of aromatic carboxylic acids is 1. The van der Waals surface area contributed by atoms with Gasteiger partial charge in [-0.2, -0.15) is 0 Å². The zero-order valence-electron chi connectivity index (χ0n) is 10.1. The molecule has 0 spiro atoms.